The fraction of sp³-hybridized carbons (Fsp3) is 0.818. The molecule has 2 bridgehead atoms. The van der Waals surface area contributed by atoms with Gasteiger partial charge in [0.15, 0.2) is 0 Å². The molecule has 0 aliphatic heterocycles. The van der Waals surface area contributed by atoms with E-state index in [2.05, 4.69) is 19.1 Å². The predicted molar refractivity (Wildman–Crippen MR) is 58.9 cm³/mol. The summed E-state index contributed by atoms with van der Waals surface area (Å²) in [7, 11) is -3.33. The van der Waals surface area contributed by atoms with Crippen LogP contribution in [0.15, 0.2) is 12.2 Å². The van der Waals surface area contributed by atoms with Gasteiger partial charge in [-0.3, -0.25) is 4.18 Å². The average molecular weight is 230 g/mol. The molecule has 0 saturated heterocycles. The molecule has 15 heavy (non-hydrogen) atoms. The first kappa shape index (κ1) is 11.1. The minimum absolute atomic E-state index is 0.104. The summed E-state index contributed by atoms with van der Waals surface area (Å²) < 4.78 is 28.1. The molecule has 3 unspecified atom stereocenters. The minimum Gasteiger partial charge on any atom is -0.270 e. The van der Waals surface area contributed by atoms with Crippen molar-refractivity contribution in [3.05, 3.63) is 12.2 Å². The topological polar surface area (TPSA) is 43.4 Å². The van der Waals surface area contributed by atoms with E-state index in [1.165, 1.54) is 0 Å². The van der Waals surface area contributed by atoms with E-state index in [-0.39, 0.29) is 17.8 Å². The lowest BCUT2D eigenvalue weighted by molar-refractivity contribution is 0.275. The Hall–Kier alpha value is -0.350. The number of fused-ring (bicyclic) bond motifs is 2. The fourth-order valence-electron chi connectivity index (χ4n) is 2.98. The standard InChI is InChI=1S/C11H18O3S/c1-3-14-15(12,13)8-11(2)7-9-4-5-10(11)6-9/h4-5,9-10H,3,6-8H2,1-2H3. The zero-order valence-electron chi connectivity index (χ0n) is 9.27. The second-order valence-corrected chi connectivity index (χ2v) is 6.59. The third-order valence-electron chi connectivity index (χ3n) is 3.60. The van der Waals surface area contributed by atoms with Crippen molar-refractivity contribution in [2.75, 3.05) is 12.4 Å². The number of hydrogen-bond donors (Lipinski definition) is 0. The van der Waals surface area contributed by atoms with Gasteiger partial charge in [0.1, 0.15) is 0 Å². The summed E-state index contributed by atoms with van der Waals surface area (Å²) in [5, 5.41) is 0. The first-order valence-electron chi connectivity index (χ1n) is 5.50. The van der Waals surface area contributed by atoms with Gasteiger partial charge < -0.3 is 0 Å². The molecule has 0 aromatic heterocycles. The molecule has 0 amide bonds. The summed E-state index contributed by atoms with van der Waals surface area (Å²) in [4.78, 5) is 0. The molecule has 4 heteroatoms. The average Bonchev–Trinajstić information content (AvgIpc) is 2.60. The van der Waals surface area contributed by atoms with Crippen LogP contribution in [-0.4, -0.2) is 20.8 Å². The van der Waals surface area contributed by atoms with Crippen molar-refractivity contribution in [2.24, 2.45) is 17.3 Å². The summed E-state index contributed by atoms with van der Waals surface area (Å²) in [5.74, 6) is 1.19. The lowest BCUT2D eigenvalue weighted by Crippen LogP contribution is -2.32. The molecule has 2 rings (SSSR count). The first-order valence-corrected chi connectivity index (χ1v) is 7.08. The molecule has 1 saturated carbocycles. The molecule has 86 valence electrons. The van der Waals surface area contributed by atoms with Crippen LogP contribution in [0.2, 0.25) is 0 Å². The van der Waals surface area contributed by atoms with Gasteiger partial charge in [0.25, 0.3) is 10.1 Å². The van der Waals surface area contributed by atoms with Gasteiger partial charge in [0.05, 0.1) is 12.4 Å². The number of hydrogen-bond acceptors (Lipinski definition) is 3. The first-order chi connectivity index (χ1) is 6.95. The third kappa shape index (κ3) is 2.11. The Bertz CT molecular complexity index is 371. The van der Waals surface area contributed by atoms with Gasteiger partial charge >= 0.3 is 0 Å². The lowest BCUT2D eigenvalue weighted by Gasteiger charge is -2.30. The largest absolute Gasteiger partial charge is 0.270 e. The molecule has 0 N–H and O–H groups in total. The van der Waals surface area contributed by atoms with Crippen molar-refractivity contribution in [1.29, 1.82) is 0 Å². The van der Waals surface area contributed by atoms with Crippen LogP contribution < -0.4 is 0 Å². The van der Waals surface area contributed by atoms with E-state index in [0.717, 1.165) is 12.8 Å². The van der Waals surface area contributed by atoms with Gasteiger partial charge in [0, 0.05) is 0 Å². The number of allylic oxidation sites excluding steroid dienone is 2. The quantitative estimate of drug-likeness (QED) is 0.547. The van der Waals surface area contributed by atoms with Crippen LogP contribution in [0.1, 0.15) is 26.7 Å². The summed E-state index contributed by atoms with van der Waals surface area (Å²) >= 11 is 0. The third-order valence-corrected chi connectivity index (χ3v) is 5.21. The van der Waals surface area contributed by atoms with E-state index in [0.29, 0.717) is 11.8 Å². The lowest BCUT2D eigenvalue weighted by atomic mass is 9.79. The zero-order valence-corrected chi connectivity index (χ0v) is 10.1. The van der Waals surface area contributed by atoms with E-state index in [9.17, 15) is 8.42 Å². The maximum Gasteiger partial charge on any atom is 0.267 e. The maximum absolute atomic E-state index is 11.6. The molecule has 3 nitrogen and oxygen atoms in total. The van der Waals surface area contributed by atoms with E-state index < -0.39 is 10.1 Å². The highest BCUT2D eigenvalue weighted by molar-refractivity contribution is 7.86. The van der Waals surface area contributed by atoms with Crippen LogP contribution in [0, 0.1) is 17.3 Å². The maximum atomic E-state index is 11.6. The van der Waals surface area contributed by atoms with Gasteiger partial charge in [-0.05, 0) is 37.0 Å². The van der Waals surface area contributed by atoms with Crippen molar-refractivity contribution in [3.63, 3.8) is 0 Å². The number of rotatable bonds is 4. The Morgan fingerprint density at radius 2 is 2.20 bits per heavy atom. The van der Waals surface area contributed by atoms with Crippen LogP contribution in [0.5, 0.6) is 0 Å². The van der Waals surface area contributed by atoms with Gasteiger partial charge in [-0.2, -0.15) is 8.42 Å². The normalized spacial score (nSPS) is 38.8. The Labute approximate surface area is 91.6 Å². The molecule has 1 fully saturated rings. The molecule has 2 aliphatic carbocycles. The molecule has 2 aliphatic rings. The van der Waals surface area contributed by atoms with Crippen molar-refractivity contribution >= 4 is 10.1 Å². The van der Waals surface area contributed by atoms with Gasteiger partial charge in [-0.1, -0.05) is 19.1 Å². The molecular weight excluding hydrogens is 212 g/mol. The Kier molecular flexibility index (Phi) is 2.67. The smallest absolute Gasteiger partial charge is 0.267 e. The van der Waals surface area contributed by atoms with E-state index in [4.69, 9.17) is 4.18 Å². The molecular formula is C11H18O3S. The van der Waals surface area contributed by atoms with Crippen molar-refractivity contribution in [3.8, 4) is 0 Å². The molecule has 0 spiro atoms. The zero-order chi connectivity index (χ0) is 11.1. The van der Waals surface area contributed by atoms with Gasteiger partial charge in [-0.25, -0.2) is 0 Å². The van der Waals surface area contributed by atoms with E-state index in [1.807, 2.05) is 0 Å². The Morgan fingerprint density at radius 3 is 2.67 bits per heavy atom. The van der Waals surface area contributed by atoms with Crippen LogP contribution in [0.4, 0.5) is 0 Å². The monoisotopic (exact) mass is 230 g/mol. The molecule has 0 heterocycles. The second kappa shape index (κ2) is 3.59. The van der Waals surface area contributed by atoms with Crippen LogP contribution in [-0.2, 0) is 14.3 Å². The van der Waals surface area contributed by atoms with E-state index >= 15 is 0 Å². The predicted octanol–water partition coefficient (Wildman–Crippen LogP) is 1.96. The van der Waals surface area contributed by atoms with Crippen molar-refractivity contribution in [1.82, 2.24) is 0 Å². The highest BCUT2D eigenvalue weighted by atomic mass is 32.2. The Morgan fingerprint density at radius 1 is 1.47 bits per heavy atom. The summed E-state index contributed by atoms with van der Waals surface area (Å²) in [5.41, 5.74) is -0.104. The molecule has 0 aromatic rings. The highest BCUT2D eigenvalue weighted by Gasteiger charge is 2.47. The molecule has 3 atom stereocenters. The summed E-state index contributed by atoms with van der Waals surface area (Å²) in [6.45, 7) is 4.01. The van der Waals surface area contributed by atoms with Crippen molar-refractivity contribution in [2.45, 2.75) is 26.7 Å². The Balaban J connectivity index is 2.09. The highest BCUT2D eigenvalue weighted by Crippen LogP contribution is 2.52. The second-order valence-electron chi connectivity index (χ2n) is 4.95. The van der Waals surface area contributed by atoms with Crippen LogP contribution in [0.3, 0.4) is 0 Å². The fourth-order valence-corrected chi connectivity index (χ4v) is 4.57. The van der Waals surface area contributed by atoms with Crippen molar-refractivity contribution < 1.29 is 12.6 Å². The molecule has 0 radical (unpaired) electrons. The molecule has 0 aromatic carbocycles. The summed E-state index contributed by atoms with van der Waals surface area (Å²) in [6.07, 6.45) is 6.51. The summed E-state index contributed by atoms with van der Waals surface area (Å²) in [6, 6.07) is 0. The van der Waals surface area contributed by atoms with Gasteiger partial charge in [0.2, 0.25) is 0 Å². The minimum atomic E-state index is -3.33. The SMILES string of the molecule is CCOS(=O)(=O)CC1(C)CC2C=CC1C2. The van der Waals surface area contributed by atoms with Crippen LogP contribution >= 0.6 is 0 Å². The van der Waals surface area contributed by atoms with E-state index in [1.54, 1.807) is 6.92 Å². The van der Waals surface area contributed by atoms with Crippen LogP contribution in [0.25, 0.3) is 0 Å². The van der Waals surface area contributed by atoms with Gasteiger partial charge in [-0.15, -0.1) is 0 Å².